The van der Waals surface area contributed by atoms with Gasteiger partial charge in [0.15, 0.2) is 0 Å². The molecule has 0 amide bonds. The summed E-state index contributed by atoms with van der Waals surface area (Å²) in [6.07, 6.45) is 9.89. The smallest absolute Gasteiger partial charge is 0.123 e. The van der Waals surface area contributed by atoms with Gasteiger partial charge in [0.2, 0.25) is 0 Å². The fourth-order valence-electron chi connectivity index (χ4n) is 3.07. The van der Waals surface area contributed by atoms with E-state index in [9.17, 15) is 4.39 Å². The summed E-state index contributed by atoms with van der Waals surface area (Å²) in [5, 5.41) is 0. The molecule has 0 spiro atoms. The highest BCUT2D eigenvalue weighted by Gasteiger charge is 2.25. The summed E-state index contributed by atoms with van der Waals surface area (Å²) in [4.78, 5) is 4.82. The molecule has 20 heavy (non-hydrogen) atoms. The topological polar surface area (TPSA) is 6.48 Å². The molecule has 2 aliphatic rings. The van der Waals surface area contributed by atoms with Crippen LogP contribution in [0.4, 0.5) is 10.1 Å². The van der Waals surface area contributed by atoms with Crippen LogP contribution in [0.1, 0.15) is 12.8 Å². The molecule has 0 bridgehead atoms. The monoisotopic (exact) mass is 270 g/mol. The molecule has 1 aromatic carbocycles. The van der Waals surface area contributed by atoms with Gasteiger partial charge in [-0.2, -0.15) is 0 Å². The zero-order valence-corrected chi connectivity index (χ0v) is 11.6. The lowest BCUT2D eigenvalue weighted by atomic mass is 10.1. The highest BCUT2D eigenvalue weighted by atomic mass is 19.1. The van der Waals surface area contributed by atoms with E-state index in [1.54, 1.807) is 0 Å². The second-order valence-corrected chi connectivity index (χ2v) is 5.44. The van der Waals surface area contributed by atoms with Gasteiger partial charge in [0.05, 0.1) is 0 Å². The zero-order valence-electron chi connectivity index (χ0n) is 11.6. The molecular formula is C17H19FN2. The molecule has 3 rings (SSSR count). The van der Waals surface area contributed by atoms with Crippen LogP contribution in [-0.4, -0.2) is 37.1 Å². The van der Waals surface area contributed by atoms with Gasteiger partial charge in [-0.3, -0.25) is 4.90 Å². The summed E-state index contributed by atoms with van der Waals surface area (Å²) >= 11 is 0. The molecule has 1 saturated heterocycles. The molecule has 1 aromatic rings. The number of halogens is 1. The van der Waals surface area contributed by atoms with Crippen molar-refractivity contribution in [1.29, 1.82) is 0 Å². The van der Waals surface area contributed by atoms with Gasteiger partial charge in [0.1, 0.15) is 5.82 Å². The fraction of sp³-hybridized carbons (Fsp3) is 0.412. The lowest BCUT2D eigenvalue weighted by Gasteiger charge is -2.38. The molecule has 0 aromatic heterocycles. The summed E-state index contributed by atoms with van der Waals surface area (Å²) in [7, 11) is 0. The molecule has 0 N–H and O–H groups in total. The number of terminal acetylenes is 1. The number of hydrogen-bond acceptors (Lipinski definition) is 2. The quantitative estimate of drug-likeness (QED) is 0.762. The predicted octanol–water partition coefficient (Wildman–Crippen LogP) is 2.67. The molecule has 2 nitrogen and oxygen atoms in total. The Morgan fingerprint density at radius 1 is 1.10 bits per heavy atom. The minimum absolute atomic E-state index is 0.176. The number of piperazine rings is 1. The van der Waals surface area contributed by atoms with Gasteiger partial charge in [0.25, 0.3) is 0 Å². The molecule has 0 radical (unpaired) electrons. The molecule has 1 aliphatic heterocycles. The minimum Gasteiger partial charge on any atom is -0.369 e. The first-order valence-corrected chi connectivity index (χ1v) is 7.18. The highest BCUT2D eigenvalue weighted by Crippen LogP contribution is 2.24. The van der Waals surface area contributed by atoms with Crippen LogP contribution in [0.25, 0.3) is 0 Å². The van der Waals surface area contributed by atoms with Gasteiger partial charge in [-0.15, -0.1) is 6.42 Å². The lowest BCUT2D eigenvalue weighted by molar-refractivity contribution is 0.214. The van der Waals surface area contributed by atoms with E-state index >= 15 is 0 Å². The maximum absolute atomic E-state index is 12.9. The van der Waals surface area contributed by atoms with Crippen molar-refractivity contribution in [2.45, 2.75) is 18.9 Å². The van der Waals surface area contributed by atoms with E-state index in [1.165, 1.54) is 12.1 Å². The Morgan fingerprint density at radius 3 is 2.40 bits per heavy atom. The van der Waals surface area contributed by atoms with Gasteiger partial charge in [-0.1, -0.05) is 12.0 Å². The Kier molecular flexibility index (Phi) is 3.75. The van der Waals surface area contributed by atoms with E-state index in [0.717, 1.165) is 50.3 Å². The minimum atomic E-state index is -0.176. The third-order valence-corrected chi connectivity index (χ3v) is 4.26. The Bertz CT molecular complexity index is 533. The molecule has 1 heterocycles. The lowest BCUT2D eigenvalue weighted by Crippen LogP contribution is -2.49. The molecular weight excluding hydrogens is 251 g/mol. The van der Waals surface area contributed by atoms with Crippen LogP contribution in [0, 0.1) is 18.2 Å². The Hall–Kier alpha value is -1.79. The van der Waals surface area contributed by atoms with Gasteiger partial charge in [-0.05, 0) is 42.7 Å². The first-order valence-electron chi connectivity index (χ1n) is 7.18. The van der Waals surface area contributed by atoms with Crippen LogP contribution in [0.2, 0.25) is 0 Å². The largest absolute Gasteiger partial charge is 0.369 e. The Labute approximate surface area is 119 Å². The molecule has 0 saturated carbocycles. The zero-order chi connectivity index (χ0) is 13.9. The summed E-state index contributed by atoms with van der Waals surface area (Å²) in [6.45, 7) is 4.05. The van der Waals surface area contributed by atoms with Gasteiger partial charge in [0, 0.05) is 37.9 Å². The summed E-state index contributed by atoms with van der Waals surface area (Å²) in [5.41, 5.74) is 2.26. The van der Waals surface area contributed by atoms with Crippen molar-refractivity contribution in [3.8, 4) is 12.3 Å². The number of benzene rings is 1. The summed E-state index contributed by atoms with van der Waals surface area (Å²) in [6, 6.07) is 7.28. The molecule has 1 aliphatic carbocycles. The van der Waals surface area contributed by atoms with Crippen molar-refractivity contribution < 1.29 is 4.39 Å². The Balaban J connectivity index is 1.59. The van der Waals surface area contributed by atoms with E-state index in [-0.39, 0.29) is 5.82 Å². The first-order chi connectivity index (χ1) is 9.76. The summed E-state index contributed by atoms with van der Waals surface area (Å²) in [5.74, 6) is 2.59. The average molecular weight is 270 g/mol. The van der Waals surface area contributed by atoms with Gasteiger partial charge in [-0.25, -0.2) is 4.39 Å². The normalized spacial score (nSPS) is 23.5. The molecule has 0 unspecified atom stereocenters. The van der Waals surface area contributed by atoms with Crippen LogP contribution in [0.5, 0.6) is 0 Å². The van der Waals surface area contributed by atoms with Crippen molar-refractivity contribution in [3.63, 3.8) is 0 Å². The number of hydrogen-bond donors (Lipinski definition) is 0. The molecule has 1 atom stereocenters. The number of nitrogens with zero attached hydrogens (tertiary/aromatic N) is 2. The molecule has 3 heteroatoms. The number of allylic oxidation sites excluding steroid dienone is 1. The van der Waals surface area contributed by atoms with Crippen molar-refractivity contribution in [2.75, 3.05) is 31.1 Å². The van der Waals surface area contributed by atoms with E-state index < -0.39 is 0 Å². The standard InChI is InChI=1S/C17H19FN2/c1-2-14-3-6-17(13-14)20-11-9-19(10-12-20)16-7-4-15(18)5-8-16/h1,4-5,7-8,13,17H,3,6,9-12H2/t17-/m1/s1. The second-order valence-electron chi connectivity index (χ2n) is 5.44. The van der Waals surface area contributed by atoms with Crippen molar-refractivity contribution in [2.24, 2.45) is 0 Å². The van der Waals surface area contributed by atoms with E-state index in [1.807, 2.05) is 12.1 Å². The average Bonchev–Trinajstić information content (AvgIpc) is 2.97. The van der Waals surface area contributed by atoms with Crippen LogP contribution in [0.3, 0.4) is 0 Å². The van der Waals surface area contributed by atoms with Crippen LogP contribution < -0.4 is 4.90 Å². The maximum Gasteiger partial charge on any atom is 0.123 e. The van der Waals surface area contributed by atoms with E-state index in [0.29, 0.717) is 6.04 Å². The van der Waals surface area contributed by atoms with Crippen molar-refractivity contribution in [3.05, 3.63) is 41.7 Å². The fourth-order valence-corrected chi connectivity index (χ4v) is 3.07. The first kappa shape index (κ1) is 13.2. The number of rotatable bonds is 2. The highest BCUT2D eigenvalue weighted by molar-refractivity contribution is 5.46. The Morgan fingerprint density at radius 2 is 1.80 bits per heavy atom. The van der Waals surface area contributed by atoms with Gasteiger partial charge < -0.3 is 4.90 Å². The third kappa shape index (κ3) is 2.71. The van der Waals surface area contributed by atoms with Crippen molar-refractivity contribution in [1.82, 2.24) is 4.90 Å². The second kappa shape index (κ2) is 5.68. The number of anilines is 1. The van der Waals surface area contributed by atoms with Gasteiger partial charge >= 0.3 is 0 Å². The van der Waals surface area contributed by atoms with Crippen molar-refractivity contribution >= 4 is 5.69 Å². The SMILES string of the molecule is C#CC1=C[C@H](N2CCN(c3ccc(F)cc3)CC2)CC1. The van der Waals surface area contributed by atoms with E-state index in [4.69, 9.17) is 6.42 Å². The third-order valence-electron chi connectivity index (χ3n) is 4.26. The maximum atomic E-state index is 12.9. The van der Waals surface area contributed by atoms with Crippen LogP contribution >= 0.6 is 0 Å². The van der Waals surface area contributed by atoms with Crippen LogP contribution in [0.15, 0.2) is 35.9 Å². The molecule has 1 fully saturated rings. The predicted molar refractivity (Wildman–Crippen MR) is 80.1 cm³/mol. The van der Waals surface area contributed by atoms with Crippen LogP contribution in [-0.2, 0) is 0 Å². The van der Waals surface area contributed by atoms with E-state index in [2.05, 4.69) is 21.8 Å². The summed E-state index contributed by atoms with van der Waals surface area (Å²) < 4.78 is 12.9. The molecule has 104 valence electrons.